The number of anilines is 1. The number of furan rings is 1. The molecule has 0 spiro atoms. The molecule has 1 amide bonds. The summed E-state index contributed by atoms with van der Waals surface area (Å²) in [6.07, 6.45) is 3.79. The van der Waals surface area contributed by atoms with Crippen LogP contribution in [-0.4, -0.2) is 27.5 Å². The normalized spacial score (nSPS) is 17.4. The highest BCUT2D eigenvalue weighted by atomic mass is 35.5. The minimum atomic E-state index is -0.404. The Hall–Kier alpha value is -2.21. The van der Waals surface area contributed by atoms with E-state index in [2.05, 4.69) is 15.3 Å². The van der Waals surface area contributed by atoms with Crippen LogP contribution in [0.1, 0.15) is 34.2 Å². The Bertz CT molecular complexity index is 685. The molecular weight excluding hydrogens is 294 g/mol. The molecule has 1 atom stereocenters. The number of nitrogens with one attached hydrogen (secondary N) is 1. The van der Waals surface area contributed by atoms with Gasteiger partial charge in [0, 0.05) is 18.8 Å². The van der Waals surface area contributed by atoms with Crippen LogP contribution in [0.3, 0.4) is 0 Å². The highest BCUT2D eigenvalue weighted by Gasteiger charge is 2.31. The third kappa shape index (κ3) is 2.67. The van der Waals surface area contributed by atoms with E-state index in [1.807, 2.05) is 6.07 Å². The Labute approximate surface area is 125 Å². The van der Waals surface area contributed by atoms with Gasteiger partial charge in [-0.25, -0.2) is 9.97 Å². The van der Waals surface area contributed by atoms with E-state index in [9.17, 15) is 9.59 Å². The van der Waals surface area contributed by atoms with Crippen molar-refractivity contribution in [2.75, 3.05) is 11.2 Å². The molecule has 0 unspecified atom stereocenters. The van der Waals surface area contributed by atoms with Gasteiger partial charge in [0.1, 0.15) is 23.8 Å². The number of halogens is 1. The Morgan fingerprint density at radius 3 is 3.00 bits per heavy atom. The Kier molecular flexibility index (Phi) is 3.70. The number of hydrogen-bond acceptors (Lipinski definition) is 5. The van der Waals surface area contributed by atoms with Crippen molar-refractivity contribution in [1.82, 2.24) is 9.97 Å². The molecular formula is C14H12ClN3O3. The van der Waals surface area contributed by atoms with Crippen LogP contribution in [0.25, 0.3) is 0 Å². The largest absolute Gasteiger partial charge is 0.469 e. The van der Waals surface area contributed by atoms with Gasteiger partial charge in [0.15, 0.2) is 5.78 Å². The van der Waals surface area contributed by atoms with E-state index < -0.39 is 5.91 Å². The third-order valence-corrected chi connectivity index (χ3v) is 3.64. The van der Waals surface area contributed by atoms with Crippen LogP contribution in [-0.2, 0) is 11.2 Å². The lowest BCUT2D eigenvalue weighted by atomic mass is 9.84. The van der Waals surface area contributed by atoms with E-state index in [-0.39, 0.29) is 23.4 Å². The third-order valence-electron chi connectivity index (χ3n) is 3.40. The van der Waals surface area contributed by atoms with Crippen molar-refractivity contribution in [3.8, 4) is 0 Å². The van der Waals surface area contributed by atoms with E-state index in [4.69, 9.17) is 16.0 Å². The number of fused-ring (bicyclic) bond motifs is 1. The topological polar surface area (TPSA) is 85.1 Å². The maximum Gasteiger partial charge on any atom is 0.240 e. The molecule has 0 saturated heterocycles. The van der Waals surface area contributed by atoms with Crippen molar-refractivity contribution in [2.45, 2.75) is 18.8 Å². The quantitative estimate of drug-likeness (QED) is 0.878. The van der Waals surface area contributed by atoms with Crippen molar-refractivity contribution in [1.29, 1.82) is 0 Å². The van der Waals surface area contributed by atoms with E-state index in [1.165, 1.54) is 6.33 Å². The number of carbonyl (C=O) groups is 2. The van der Waals surface area contributed by atoms with Gasteiger partial charge >= 0.3 is 0 Å². The molecule has 0 radical (unpaired) electrons. The number of amides is 1. The molecule has 21 heavy (non-hydrogen) atoms. The van der Waals surface area contributed by atoms with Gasteiger partial charge in [0.25, 0.3) is 0 Å². The maximum absolute atomic E-state index is 12.4. The van der Waals surface area contributed by atoms with E-state index in [1.54, 1.807) is 12.3 Å². The van der Waals surface area contributed by atoms with E-state index in [0.717, 1.165) is 5.76 Å². The zero-order valence-electron chi connectivity index (χ0n) is 11.0. The number of ketones is 1. The second kappa shape index (κ2) is 5.65. The number of carbonyl (C=O) groups excluding carboxylic acids is 2. The fourth-order valence-corrected chi connectivity index (χ4v) is 2.55. The number of alkyl halides is 1. The van der Waals surface area contributed by atoms with Crippen molar-refractivity contribution in [2.24, 2.45) is 0 Å². The highest BCUT2D eigenvalue weighted by molar-refractivity contribution is 6.29. The maximum atomic E-state index is 12.4. The van der Waals surface area contributed by atoms with Crippen LogP contribution in [0.5, 0.6) is 0 Å². The Balaban J connectivity index is 1.94. The number of rotatable bonds is 3. The fraction of sp³-hybridized carbons (Fsp3) is 0.286. The number of aromatic nitrogens is 2. The number of hydrogen-bond donors (Lipinski definition) is 1. The van der Waals surface area contributed by atoms with E-state index >= 15 is 0 Å². The molecule has 3 rings (SSSR count). The van der Waals surface area contributed by atoms with Gasteiger partial charge < -0.3 is 9.73 Å². The van der Waals surface area contributed by atoms with Gasteiger partial charge in [-0.1, -0.05) is 0 Å². The first-order valence-corrected chi connectivity index (χ1v) is 6.98. The molecule has 1 aliphatic carbocycles. The minimum Gasteiger partial charge on any atom is -0.469 e. The zero-order chi connectivity index (χ0) is 14.8. The molecule has 0 aliphatic heterocycles. The van der Waals surface area contributed by atoms with Crippen LogP contribution in [0.15, 0.2) is 29.1 Å². The van der Waals surface area contributed by atoms with Crippen molar-refractivity contribution in [3.63, 3.8) is 0 Å². The summed E-state index contributed by atoms with van der Waals surface area (Å²) in [5.74, 6) is 0.253. The molecule has 6 nitrogen and oxygen atoms in total. The van der Waals surface area contributed by atoms with Gasteiger partial charge in [-0.15, -0.1) is 11.6 Å². The average molecular weight is 306 g/mol. The summed E-state index contributed by atoms with van der Waals surface area (Å²) in [4.78, 5) is 31.9. The molecule has 1 N–H and O–H groups in total. The highest BCUT2D eigenvalue weighted by Crippen LogP contribution is 2.34. The van der Waals surface area contributed by atoms with Crippen LogP contribution in [0, 0.1) is 0 Å². The molecule has 0 bridgehead atoms. The molecule has 2 heterocycles. The molecule has 0 saturated carbocycles. The lowest BCUT2D eigenvalue weighted by Crippen LogP contribution is -2.24. The first kappa shape index (κ1) is 13.8. The number of nitrogens with zero attached hydrogens (tertiary/aromatic N) is 2. The van der Waals surface area contributed by atoms with Crippen LogP contribution < -0.4 is 5.32 Å². The molecule has 1 aliphatic rings. The molecule has 2 aromatic heterocycles. The SMILES string of the molecule is O=C(CCl)Nc1ncnc2c1C(=O)C[C@@H](c1ccco1)C2. The molecule has 108 valence electrons. The minimum absolute atomic E-state index is 0.0357. The van der Waals surface area contributed by atoms with Gasteiger partial charge in [-0.05, 0) is 12.1 Å². The van der Waals surface area contributed by atoms with Gasteiger partial charge in [-0.3, -0.25) is 9.59 Å². The van der Waals surface area contributed by atoms with Crippen molar-refractivity contribution < 1.29 is 14.0 Å². The lowest BCUT2D eigenvalue weighted by molar-refractivity contribution is -0.113. The van der Waals surface area contributed by atoms with Gasteiger partial charge in [-0.2, -0.15) is 0 Å². The second-order valence-corrected chi connectivity index (χ2v) is 5.04. The molecule has 2 aromatic rings. The summed E-state index contributed by atoms with van der Waals surface area (Å²) in [7, 11) is 0. The van der Waals surface area contributed by atoms with Crippen LogP contribution >= 0.6 is 11.6 Å². The Morgan fingerprint density at radius 2 is 2.29 bits per heavy atom. The predicted octanol–water partition coefficient (Wildman–Crippen LogP) is 2.16. The summed E-state index contributed by atoms with van der Waals surface area (Å²) in [5, 5.41) is 2.53. The monoisotopic (exact) mass is 305 g/mol. The summed E-state index contributed by atoms with van der Waals surface area (Å²) in [6.45, 7) is 0. The summed E-state index contributed by atoms with van der Waals surface area (Å²) >= 11 is 5.46. The zero-order valence-corrected chi connectivity index (χ0v) is 11.8. The van der Waals surface area contributed by atoms with Crippen LogP contribution in [0.2, 0.25) is 0 Å². The van der Waals surface area contributed by atoms with Gasteiger partial charge in [0.2, 0.25) is 5.91 Å². The summed E-state index contributed by atoms with van der Waals surface area (Å²) < 4.78 is 5.37. The Morgan fingerprint density at radius 1 is 1.43 bits per heavy atom. The van der Waals surface area contributed by atoms with Crippen molar-refractivity contribution >= 4 is 29.1 Å². The molecule has 0 fully saturated rings. The fourth-order valence-electron chi connectivity index (χ4n) is 2.49. The number of Topliss-reactive ketones (excluding diaryl/α,β-unsaturated/α-hetero) is 1. The molecule has 0 aromatic carbocycles. The second-order valence-electron chi connectivity index (χ2n) is 4.77. The van der Waals surface area contributed by atoms with Crippen molar-refractivity contribution in [3.05, 3.63) is 41.7 Å². The van der Waals surface area contributed by atoms with Crippen LogP contribution in [0.4, 0.5) is 5.82 Å². The molecule has 7 heteroatoms. The smallest absolute Gasteiger partial charge is 0.240 e. The first-order valence-electron chi connectivity index (χ1n) is 6.45. The summed E-state index contributed by atoms with van der Waals surface area (Å²) in [6, 6.07) is 3.64. The predicted molar refractivity (Wildman–Crippen MR) is 75.5 cm³/mol. The average Bonchev–Trinajstić information content (AvgIpc) is 3.01. The summed E-state index contributed by atoms with van der Waals surface area (Å²) in [5.41, 5.74) is 0.992. The van der Waals surface area contributed by atoms with Gasteiger partial charge in [0.05, 0.1) is 17.5 Å². The lowest BCUT2D eigenvalue weighted by Gasteiger charge is -2.22. The van der Waals surface area contributed by atoms with E-state index in [0.29, 0.717) is 24.1 Å². The first-order chi connectivity index (χ1) is 10.2. The standard InChI is InChI=1S/C14H12ClN3O3/c15-6-12(20)18-14-13-9(16-7-17-14)4-8(5-10(13)19)11-2-1-3-21-11/h1-3,7-8H,4-6H2,(H,16,17,18,20)/t8-/m0/s1.